The molecule has 108 valence electrons. The second kappa shape index (κ2) is 6.95. The third-order valence-electron chi connectivity index (χ3n) is 2.66. The molecule has 0 fully saturated rings. The molecule has 0 unspecified atom stereocenters. The van der Waals surface area contributed by atoms with E-state index in [1.165, 1.54) is 0 Å². The van der Waals surface area contributed by atoms with Crippen LogP contribution >= 0.6 is 11.6 Å². The summed E-state index contributed by atoms with van der Waals surface area (Å²) >= 11 is 5.83. The number of benzene rings is 1. The number of carbonyl (C=O) groups is 2. The lowest BCUT2D eigenvalue weighted by Gasteiger charge is -2.04. The number of ether oxygens (including phenoxy) is 1. The lowest BCUT2D eigenvalue weighted by molar-refractivity contribution is -0.153. The summed E-state index contributed by atoms with van der Waals surface area (Å²) in [7, 11) is 0. The molecule has 0 aliphatic heterocycles. The summed E-state index contributed by atoms with van der Waals surface area (Å²) < 4.78 is 4.66. The van der Waals surface area contributed by atoms with Gasteiger partial charge in [-0.05, 0) is 37.3 Å². The van der Waals surface area contributed by atoms with Crippen molar-refractivity contribution < 1.29 is 14.3 Å². The molecule has 0 radical (unpaired) electrons. The van der Waals surface area contributed by atoms with Crippen molar-refractivity contribution in [2.45, 2.75) is 13.3 Å². The van der Waals surface area contributed by atoms with Gasteiger partial charge in [-0.1, -0.05) is 11.6 Å². The van der Waals surface area contributed by atoms with E-state index in [1.54, 1.807) is 43.5 Å². The van der Waals surface area contributed by atoms with Gasteiger partial charge in [0.1, 0.15) is 0 Å². The van der Waals surface area contributed by atoms with Crippen LogP contribution < -0.4 is 0 Å². The van der Waals surface area contributed by atoms with Crippen molar-refractivity contribution in [3.8, 4) is 11.4 Å². The molecule has 0 atom stereocenters. The molecule has 0 saturated heterocycles. The number of ketones is 1. The summed E-state index contributed by atoms with van der Waals surface area (Å²) in [6, 6.07) is 8.63. The van der Waals surface area contributed by atoms with E-state index in [1.807, 2.05) is 0 Å². The molecule has 0 N–H and O–H groups in total. The molecule has 2 aromatic rings. The van der Waals surface area contributed by atoms with Gasteiger partial charge in [0.05, 0.1) is 18.7 Å². The van der Waals surface area contributed by atoms with Crippen molar-refractivity contribution in [1.82, 2.24) is 9.97 Å². The van der Waals surface area contributed by atoms with Crippen molar-refractivity contribution >= 4 is 23.4 Å². The minimum absolute atomic E-state index is 0.109. The molecule has 0 aliphatic rings. The van der Waals surface area contributed by atoms with Gasteiger partial charge in [0, 0.05) is 16.8 Å². The van der Waals surface area contributed by atoms with Gasteiger partial charge in [-0.3, -0.25) is 4.79 Å². The summed E-state index contributed by atoms with van der Waals surface area (Å²) in [5, 5.41) is 0.618. The predicted octanol–water partition coefficient (Wildman–Crippen LogP) is 2.47. The first-order valence-electron chi connectivity index (χ1n) is 6.38. The van der Waals surface area contributed by atoms with Crippen molar-refractivity contribution in [2.75, 3.05) is 6.61 Å². The summed E-state index contributed by atoms with van der Waals surface area (Å²) in [4.78, 5) is 31.4. The van der Waals surface area contributed by atoms with Crippen molar-refractivity contribution in [2.24, 2.45) is 0 Å². The lowest BCUT2D eigenvalue weighted by atomic mass is 10.2. The molecule has 2 rings (SSSR count). The minimum atomic E-state index is -0.843. The zero-order valence-electron chi connectivity index (χ0n) is 11.4. The molecular formula is C15H13ClN2O3. The number of aromatic nitrogens is 2. The Kier molecular flexibility index (Phi) is 5.00. The fourth-order valence-electron chi connectivity index (χ4n) is 1.68. The molecule has 1 heterocycles. The number of hydrogen-bond acceptors (Lipinski definition) is 5. The van der Waals surface area contributed by atoms with Gasteiger partial charge in [-0.25, -0.2) is 14.8 Å². The summed E-state index contributed by atoms with van der Waals surface area (Å²) in [6.45, 7) is 1.82. The predicted molar refractivity (Wildman–Crippen MR) is 77.8 cm³/mol. The van der Waals surface area contributed by atoms with E-state index >= 15 is 0 Å². The molecule has 0 amide bonds. The third kappa shape index (κ3) is 4.10. The average Bonchev–Trinajstić information content (AvgIpc) is 2.48. The Labute approximate surface area is 126 Å². The highest BCUT2D eigenvalue weighted by Gasteiger charge is 2.16. The first-order valence-corrected chi connectivity index (χ1v) is 6.75. The van der Waals surface area contributed by atoms with Gasteiger partial charge in [0.25, 0.3) is 0 Å². The van der Waals surface area contributed by atoms with Gasteiger partial charge in [0.15, 0.2) is 5.82 Å². The molecule has 1 aromatic heterocycles. The fourth-order valence-corrected chi connectivity index (χ4v) is 1.81. The number of Topliss-reactive ketones (excluding diaryl/α,β-unsaturated/α-hetero) is 1. The maximum Gasteiger partial charge on any atom is 0.375 e. The molecule has 0 bridgehead atoms. The number of carbonyl (C=O) groups excluding carboxylic acids is 2. The normalized spacial score (nSPS) is 10.2. The number of nitrogens with zero attached hydrogens (tertiary/aromatic N) is 2. The van der Waals surface area contributed by atoms with Crippen LogP contribution in [0, 0.1) is 0 Å². The second-order valence-electron chi connectivity index (χ2n) is 4.20. The monoisotopic (exact) mass is 304 g/mol. The van der Waals surface area contributed by atoms with Gasteiger partial charge in [0.2, 0.25) is 5.78 Å². The SMILES string of the molecule is CCOC(=O)C(=O)Cc1ccnc(-c2ccc(Cl)cc2)n1. The Morgan fingerprint density at radius 3 is 2.57 bits per heavy atom. The zero-order chi connectivity index (χ0) is 15.2. The summed E-state index contributed by atoms with van der Waals surface area (Å²) in [6.07, 6.45) is 1.44. The van der Waals surface area contributed by atoms with E-state index < -0.39 is 11.8 Å². The first kappa shape index (κ1) is 15.1. The van der Waals surface area contributed by atoms with Gasteiger partial charge in [-0.15, -0.1) is 0 Å². The minimum Gasteiger partial charge on any atom is -0.460 e. The van der Waals surface area contributed by atoms with Crippen LogP contribution in [0.3, 0.4) is 0 Å². The number of rotatable bonds is 5. The number of esters is 1. The average molecular weight is 305 g/mol. The van der Waals surface area contributed by atoms with Gasteiger partial charge >= 0.3 is 5.97 Å². The van der Waals surface area contributed by atoms with Crippen LogP contribution in [0.25, 0.3) is 11.4 Å². The van der Waals surface area contributed by atoms with Crippen LogP contribution in [0.1, 0.15) is 12.6 Å². The molecule has 6 heteroatoms. The zero-order valence-corrected chi connectivity index (χ0v) is 12.1. The highest BCUT2D eigenvalue weighted by atomic mass is 35.5. The first-order chi connectivity index (χ1) is 10.1. The molecule has 0 spiro atoms. The maximum atomic E-state index is 11.6. The topological polar surface area (TPSA) is 69.2 Å². The van der Waals surface area contributed by atoms with Crippen LogP contribution in [-0.2, 0) is 20.7 Å². The Hall–Kier alpha value is -2.27. The van der Waals surface area contributed by atoms with E-state index in [0.717, 1.165) is 5.56 Å². The summed E-state index contributed by atoms with van der Waals surface area (Å²) in [5.74, 6) is -0.998. The van der Waals surface area contributed by atoms with Crippen LogP contribution in [0.15, 0.2) is 36.5 Å². The smallest absolute Gasteiger partial charge is 0.375 e. The molecule has 21 heavy (non-hydrogen) atoms. The van der Waals surface area contributed by atoms with Crippen LogP contribution in [0.4, 0.5) is 0 Å². The standard InChI is InChI=1S/C15H13ClN2O3/c1-2-21-15(20)13(19)9-12-7-8-17-14(18-12)10-3-5-11(16)6-4-10/h3-8H,2,9H2,1H3. The number of halogens is 1. The second-order valence-corrected chi connectivity index (χ2v) is 4.64. The summed E-state index contributed by atoms with van der Waals surface area (Å²) in [5.41, 5.74) is 1.25. The molecule has 1 aromatic carbocycles. The third-order valence-corrected chi connectivity index (χ3v) is 2.91. The van der Waals surface area contributed by atoms with E-state index in [9.17, 15) is 9.59 Å². The Balaban J connectivity index is 2.16. The van der Waals surface area contributed by atoms with Gasteiger partial charge in [-0.2, -0.15) is 0 Å². The van der Waals surface area contributed by atoms with Crippen molar-refractivity contribution in [1.29, 1.82) is 0 Å². The Morgan fingerprint density at radius 2 is 1.90 bits per heavy atom. The Bertz CT molecular complexity index is 656. The highest BCUT2D eigenvalue weighted by molar-refractivity contribution is 6.34. The number of hydrogen-bond donors (Lipinski definition) is 0. The quantitative estimate of drug-likeness (QED) is 0.627. The van der Waals surface area contributed by atoms with E-state index in [2.05, 4.69) is 14.7 Å². The maximum absolute atomic E-state index is 11.6. The molecule has 0 saturated carbocycles. The fraction of sp³-hybridized carbons (Fsp3) is 0.200. The molecule has 5 nitrogen and oxygen atoms in total. The van der Waals surface area contributed by atoms with Crippen molar-refractivity contribution in [3.63, 3.8) is 0 Å². The van der Waals surface area contributed by atoms with E-state index in [4.69, 9.17) is 11.6 Å². The molecule has 0 aliphatic carbocycles. The van der Waals surface area contributed by atoms with E-state index in [-0.39, 0.29) is 13.0 Å². The van der Waals surface area contributed by atoms with Crippen LogP contribution in [-0.4, -0.2) is 28.3 Å². The van der Waals surface area contributed by atoms with Gasteiger partial charge < -0.3 is 4.74 Å². The molecular weight excluding hydrogens is 292 g/mol. The lowest BCUT2D eigenvalue weighted by Crippen LogP contribution is -2.20. The van der Waals surface area contributed by atoms with Crippen LogP contribution in [0.2, 0.25) is 5.02 Å². The highest BCUT2D eigenvalue weighted by Crippen LogP contribution is 2.18. The van der Waals surface area contributed by atoms with Crippen molar-refractivity contribution in [3.05, 3.63) is 47.2 Å². The van der Waals surface area contributed by atoms with E-state index in [0.29, 0.717) is 16.5 Å². The van der Waals surface area contributed by atoms with Crippen LogP contribution in [0.5, 0.6) is 0 Å². The Morgan fingerprint density at radius 1 is 1.19 bits per heavy atom. The largest absolute Gasteiger partial charge is 0.460 e.